The molecule has 108 valence electrons. The third-order valence-corrected chi connectivity index (χ3v) is 5.29. The number of ether oxygens (including phenoxy) is 2. The van der Waals surface area contributed by atoms with Gasteiger partial charge in [0.15, 0.2) is 0 Å². The molecule has 0 bridgehead atoms. The SMILES string of the molecule is CNC(c1ccc(Br)s1)c1cc(OC)c(Br)cc1OC. The molecule has 1 heterocycles. The summed E-state index contributed by atoms with van der Waals surface area (Å²) in [5.74, 6) is 1.61. The van der Waals surface area contributed by atoms with Crippen molar-refractivity contribution in [3.63, 3.8) is 0 Å². The molecule has 0 aliphatic rings. The quantitative estimate of drug-likeness (QED) is 0.766. The van der Waals surface area contributed by atoms with Crippen LogP contribution >= 0.6 is 43.2 Å². The largest absolute Gasteiger partial charge is 0.496 e. The number of methoxy groups -OCH3 is 2. The summed E-state index contributed by atoms with van der Waals surface area (Å²) < 4.78 is 12.9. The first kappa shape index (κ1) is 15.8. The lowest BCUT2D eigenvalue weighted by Gasteiger charge is -2.20. The minimum Gasteiger partial charge on any atom is -0.496 e. The molecule has 0 fully saturated rings. The normalized spacial score (nSPS) is 12.2. The van der Waals surface area contributed by atoms with Crippen molar-refractivity contribution < 1.29 is 9.47 Å². The molecule has 20 heavy (non-hydrogen) atoms. The van der Waals surface area contributed by atoms with Crippen molar-refractivity contribution in [1.29, 1.82) is 0 Å². The van der Waals surface area contributed by atoms with E-state index in [0.717, 1.165) is 25.3 Å². The molecule has 0 amide bonds. The van der Waals surface area contributed by atoms with E-state index in [0.29, 0.717) is 0 Å². The maximum absolute atomic E-state index is 5.50. The van der Waals surface area contributed by atoms with E-state index in [1.165, 1.54) is 4.88 Å². The van der Waals surface area contributed by atoms with Crippen molar-refractivity contribution in [2.75, 3.05) is 21.3 Å². The van der Waals surface area contributed by atoms with Crippen molar-refractivity contribution in [2.45, 2.75) is 6.04 Å². The van der Waals surface area contributed by atoms with Crippen molar-refractivity contribution in [1.82, 2.24) is 5.32 Å². The van der Waals surface area contributed by atoms with Gasteiger partial charge in [0, 0.05) is 10.4 Å². The molecular formula is C14H15Br2NO2S. The molecular weight excluding hydrogens is 406 g/mol. The minimum atomic E-state index is 0.0586. The first-order valence-corrected chi connectivity index (χ1v) is 8.34. The van der Waals surface area contributed by atoms with E-state index < -0.39 is 0 Å². The number of hydrogen-bond acceptors (Lipinski definition) is 4. The zero-order chi connectivity index (χ0) is 14.7. The summed E-state index contributed by atoms with van der Waals surface area (Å²) in [5, 5.41) is 3.33. The van der Waals surface area contributed by atoms with E-state index >= 15 is 0 Å². The summed E-state index contributed by atoms with van der Waals surface area (Å²) in [6, 6.07) is 8.14. The second kappa shape index (κ2) is 6.93. The van der Waals surface area contributed by atoms with Crippen LogP contribution in [-0.4, -0.2) is 21.3 Å². The Morgan fingerprint density at radius 3 is 2.30 bits per heavy atom. The van der Waals surface area contributed by atoms with Gasteiger partial charge in [-0.25, -0.2) is 0 Å². The Kier molecular flexibility index (Phi) is 5.49. The van der Waals surface area contributed by atoms with E-state index in [1.807, 2.05) is 25.2 Å². The maximum atomic E-state index is 5.50. The zero-order valence-electron chi connectivity index (χ0n) is 11.4. The molecule has 0 radical (unpaired) electrons. The molecule has 0 aliphatic carbocycles. The third-order valence-electron chi connectivity index (χ3n) is 2.98. The van der Waals surface area contributed by atoms with Gasteiger partial charge in [-0.3, -0.25) is 0 Å². The molecule has 1 N–H and O–H groups in total. The second-order valence-corrected chi connectivity index (χ2v) is 7.44. The smallest absolute Gasteiger partial charge is 0.133 e. The average molecular weight is 421 g/mol. The molecule has 0 saturated heterocycles. The van der Waals surface area contributed by atoms with Crippen LogP contribution in [0.5, 0.6) is 11.5 Å². The summed E-state index contributed by atoms with van der Waals surface area (Å²) in [4.78, 5) is 1.21. The van der Waals surface area contributed by atoms with Crippen LogP contribution in [0.25, 0.3) is 0 Å². The molecule has 1 aromatic carbocycles. The van der Waals surface area contributed by atoms with Crippen LogP contribution in [0.3, 0.4) is 0 Å². The van der Waals surface area contributed by atoms with E-state index in [1.54, 1.807) is 25.6 Å². The van der Waals surface area contributed by atoms with Crippen LogP contribution < -0.4 is 14.8 Å². The summed E-state index contributed by atoms with van der Waals surface area (Å²) in [6.45, 7) is 0. The first-order valence-electron chi connectivity index (χ1n) is 5.94. The zero-order valence-corrected chi connectivity index (χ0v) is 15.4. The molecule has 1 unspecified atom stereocenters. The fourth-order valence-electron chi connectivity index (χ4n) is 2.04. The highest BCUT2D eigenvalue weighted by atomic mass is 79.9. The first-order chi connectivity index (χ1) is 9.60. The Morgan fingerprint density at radius 1 is 1.10 bits per heavy atom. The van der Waals surface area contributed by atoms with Crippen LogP contribution in [0, 0.1) is 0 Å². The Balaban J connectivity index is 2.53. The van der Waals surface area contributed by atoms with Crippen LogP contribution in [0.4, 0.5) is 0 Å². The van der Waals surface area contributed by atoms with Crippen LogP contribution in [0.15, 0.2) is 32.5 Å². The molecule has 2 aromatic rings. The Labute approximate surface area is 139 Å². The van der Waals surface area contributed by atoms with Gasteiger partial charge in [-0.2, -0.15) is 0 Å². The van der Waals surface area contributed by atoms with Gasteiger partial charge in [0.05, 0.1) is 28.5 Å². The van der Waals surface area contributed by atoms with Crippen molar-refractivity contribution in [3.8, 4) is 11.5 Å². The van der Waals surface area contributed by atoms with Gasteiger partial charge < -0.3 is 14.8 Å². The predicted octanol–water partition coefficient (Wildman–Crippen LogP) is 4.60. The highest BCUT2D eigenvalue weighted by Gasteiger charge is 2.20. The predicted molar refractivity (Wildman–Crippen MR) is 90.2 cm³/mol. The maximum Gasteiger partial charge on any atom is 0.133 e. The molecule has 0 spiro atoms. The minimum absolute atomic E-state index is 0.0586. The van der Waals surface area contributed by atoms with Gasteiger partial charge in [-0.15, -0.1) is 11.3 Å². The van der Waals surface area contributed by atoms with E-state index in [9.17, 15) is 0 Å². The fourth-order valence-corrected chi connectivity index (χ4v) is 4.08. The van der Waals surface area contributed by atoms with Gasteiger partial charge in [0.25, 0.3) is 0 Å². The molecule has 2 rings (SSSR count). The molecule has 1 atom stereocenters. The fraction of sp³-hybridized carbons (Fsp3) is 0.286. The summed E-state index contributed by atoms with van der Waals surface area (Å²) in [6.07, 6.45) is 0. The van der Waals surface area contributed by atoms with Gasteiger partial charge in [-0.05, 0) is 63.2 Å². The van der Waals surface area contributed by atoms with Crippen LogP contribution in [-0.2, 0) is 0 Å². The van der Waals surface area contributed by atoms with E-state index in [4.69, 9.17) is 9.47 Å². The highest BCUT2D eigenvalue weighted by Crippen LogP contribution is 2.40. The summed E-state index contributed by atoms with van der Waals surface area (Å²) >= 11 is 8.69. The van der Waals surface area contributed by atoms with Crippen molar-refractivity contribution >= 4 is 43.2 Å². The van der Waals surface area contributed by atoms with Crippen LogP contribution in [0.1, 0.15) is 16.5 Å². The average Bonchev–Trinajstić information content (AvgIpc) is 2.87. The number of benzene rings is 1. The lowest BCUT2D eigenvalue weighted by molar-refractivity contribution is 0.393. The van der Waals surface area contributed by atoms with Gasteiger partial charge in [-0.1, -0.05) is 0 Å². The lowest BCUT2D eigenvalue weighted by atomic mass is 10.0. The van der Waals surface area contributed by atoms with Gasteiger partial charge in [0.1, 0.15) is 11.5 Å². The second-order valence-electron chi connectivity index (χ2n) is 4.09. The standard InChI is InChI=1S/C14H15Br2NO2S/c1-17-14(12-4-5-13(16)20-12)8-6-11(19-3)9(15)7-10(8)18-2/h4-7,14,17H,1-3H3. The number of halogens is 2. The Hall–Kier alpha value is -0.560. The monoisotopic (exact) mass is 419 g/mol. The number of rotatable bonds is 5. The van der Waals surface area contributed by atoms with E-state index in [2.05, 4.69) is 43.2 Å². The van der Waals surface area contributed by atoms with Crippen molar-refractivity contribution in [3.05, 3.63) is 43.0 Å². The summed E-state index contributed by atoms with van der Waals surface area (Å²) in [7, 11) is 5.27. The van der Waals surface area contributed by atoms with Gasteiger partial charge in [0.2, 0.25) is 0 Å². The Bertz CT molecular complexity index is 601. The Morgan fingerprint density at radius 2 is 1.80 bits per heavy atom. The topological polar surface area (TPSA) is 30.5 Å². The van der Waals surface area contributed by atoms with E-state index in [-0.39, 0.29) is 6.04 Å². The molecule has 0 saturated carbocycles. The molecule has 3 nitrogen and oxygen atoms in total. The number of thiophene rings is 1. The van der Waals surface area contributed by atoms with Crippen LogP contribution in [0.2, 0.25) is 0 Å². The lowest BCUT2D eigenvalue weighted by Crippen LogP contribution is -2.17. The molecule has 0 aliphatic heterocycles. The highest BCUT2D eigenvalue weighted by molar-refractivity contribution is 9.11. The summed E-state index contributed by atoms with van der Waals surface area (Å²) in [5.41, 5.74) is 1.05. The molecule has 6 heteroatoms. The number of nitrogens with one attached hydrogen (secondary N) is 1. The molecule has 1 aromatic heterocycles. The third kappa shape index (κ3) is 3.19. The van der Waals surface area contributed by atoms with Crippen molar-refractivity contribution in [2.24, 2.45) is 0 Å². The van der Waals surface area contributed by atoms with Gasteiger partial charge >= 0.3 is 0 Å². The number of hydrogen-bond donors (Lipinski definition) is 1.